The second-order valence-corrected chi connectivity index (χ2v) is 4.71. The van der Waals surface area contributed by atoms with E-state index >= 15 is 0 Å². The van der Waals surface area contributed by atoms with E-state index in [2.05, 4.69) is 4.99 Å². The zero-order valence-electron chi connectivity index (χ0n) is 10.0. The summed E-state index contributed by atoms with van der Waals surface area (Å²) in [5, 5.41) is 0. The Bertz CT molecular complexity index is 776. The van der Waals surface area contributed by atoms with Crippen molar-refractivity contribution in [2.24, 2.45) is 4.99 Å². The Balaban J connectivity index is 2.06. The third-order valence-electron chi connectivity index (χ3n) is 3.68. The number of aliphatic imine (C=N–C) groups is 1. The fourth-order valence-electron chi connectivity index (χ4n) is 2.82. The maximum absolute atomic E-state index is 12.5. The SMILES string of the molecule is O=C1N=C2C(=C3CC=CC=C13)C(=O)c1ccccc12. The lowest BCUT2D eigenvalue weighted by Gasteiger charge is -2.18. The Morgan fingerprint density at radius 2 is 1.84 bits per heavy atom. The van der Waals surface area contributed by atoms with Gasteiger partial charge < -0.3 is 0 Å². The van der Waals surface area contributed by atoms with Crippen molar-refractivity contribution in [2.45, 2.75) is 6.42 Å². The Morgan fingerprint density at radius 3 is 2.68 bits per heavy atom. The topological polar surface area (TPSA) is 46.5 Å². The summed E-state index contributed by atoms with van der Waals surface area (Å²) in [6.45, 7) is 0. The molecular formula is C16H9NO2. The van der Waals surface area contributed by atoms with Crippen LogP contribution in [0.3, 0.4) is 0 Å². The maximum atomic E-state index is 12.5. The molecule has 0 N–H and O–H groups in total. The molecule has 0 spiro atoms. The van der Waals surface area contributed by atoms with Crippen LogP contribution in [-0.2, 0) is 4.79 Å². The van der Waals surface area contributed by atoms with Crippen molar-refractivity contribution < 1.29 is 9.59 Å². The predicted molar refractivity (Wildman–Crippen MR) is 71.2 cm³/mol. The van der Waals surface area contributed by atoms with Crippen LogP contribution in [0.4, 0.5) is 0 Å². The molecule has 2 aliphatic carbocycles. The minimum Gasteiger partial charge on any atom is -0.288 e. The summed E-state index contributed by atoms with van der Waals surface area (Å²) in [5.41, 5.74) is 3.95. The van der Waals surface area contributed by atoms with E-state index in [4.69, 9.17) is 0 Å². The number of fused-ring (bicyclic) bond motifs is 4. The van der Waals surface area contributed by atoms with Gasteiger partial charge in [0, 0.05) is 16.7 Å². The molecule has 0 atom stereocenters. The largest absolute Gasteiger partial charge is 0.288 e. The molecule has 3 heteroatoms. The van der Waals surface area contributed by atoms with Crippen LogP contribution in [0.1, 0.15) is 22.3 Å². The Labute approximate surface area is 109 Å². The van der Waals surface area contributed by atoms with E-state index in [9.17, 15) is 9.59 Å². The van der Waals surface area contributed by atoms with Gasteiger partial charge in [0.2, 0.25) is 0 Å². The van der Waals surface area contributed by atoms with E-state index in [0.717, 1.165) is 11.1 Å². The third kappa shape index (κ3) is 1.24. The normalized spacial score (nSPS) is 19.8. The summed E-state index contributed by atoms with van der Waals surface area (Å²) in [4.78, 5) is 28.7. The molecule has 0 saturated carbocycles. The molecule has 0 aromatic heterocycles. The summed E-state index contributed by atoms with van der Waals surface area (Å²) in [7, 11) is 0. The highest BCUT2D eigenvalue weighted by Crippen LogP contribution is 2.37. The lowest BCUT2D eigenvalue weighted by Crippen LogP contribution is -2.19. The zero-order valence-corrected chi connectivity index (χ0v) is 10.0. The van der Waals surface area contributed by atoms with Crippen molar-refractivity contribution in [1.82, 2.24) is 0 Å². The number of carbonyl (C=O) groups excluding carboxylic acids is 2. The maximum Gasteiger partial charge on any atom is 0.277 e. The minimum atomic E-state index is -0.248. The third-order valence-corrected chi connectivity index (χ3v) is 3.68. The number of hydrogen-bond acceptors (Lipinski definition) is 2. The van der Waals surface area contributed by atoms with Gasteiger partial charge in [-0.05, 0) is 18.1 Å². The smallest absolute Gasteiger partial charge is 0.277 e. The summed E-state index contributed by atoms with van der Waals surface area (Å²) < 4.78 is 0. The monoisotopic (exact) mass is 247 g/mol. The van der Waals surface area contributed by atoms with Gasteiger partial charge in [-0.15, -0.1) is 0 Å². The lowest BCUT2D eigenvalue weighted by molar-refractivity contribution is -0.114. The van der Waals surface area contributed by atoms with E-state index < -0.39 is 0 Å². The molecule has 1 aliphatic heterocycles. The quantitative estimate of drug-likeness (QED) is 0.706. The molecule has 1 heterocycles. The van der Waals surface area contributed by atoms with Crippen LogP contribution in [0.2, 0.25) is 0 Å². The van der Waals surface area contributed by atoms with E-state index in [-0.39, 0.29) is 11.7 Å². The van der Waals surface area contributed by atoms with E-state index in [1.807, 2.05) is 30.4 Å². The second kappa shape index (κ2) is 3.48. The van der Waals surface area contributed by atoms with Crippen molar-refractivity contribution in [2.75, 3.05) is 0 Å². The Morgan fingerprint density at radius 1 is 1.05 bits per heavy atom. The molecule has 1 aromatic carbocycles. The molecule has 0 saturated heterocycles. The predicted octanol–water partition coefficient (Wildman–Crippen LogP) is 2.40. The van der Waals surface area contributed by atoms with Crippen molar-refractivity contribution in [3.05, 3.63) is 70.3 Å². The van der Waals surface area contributed by atoms with Gasteiger partial charge in [0.1, 0.15) is 0 Å². The van der Waals surface area contributed by atoms with Gasteiger partial charge >= 0.3 is 0 Å². The number of dihydropyridines is 1. The van der Waals surface area contributed by atoms with Crippen molar-refractivity contribution >= 4 is 17.4 Å². The van der Waals surface area contributed by atoms with E-state index in [1.165, 1.54) is 0 Å². The number of amides is 1. The lowest BCUT2D eigenvalue weighted by atomic mass is 9.88. The molecule has 4 rings (SSSR count). The molecular weight excluding hydrogens is 238 g/mol. The number of allylic oxidation sites excluding steroid dienone is 4. The zero-order chi connectivity index (χ0) is 13.0. The molecule has 0 unspecified atom stereocenters. The molecule has 1 aromatic rings. The van der Waals surface area contributed by atoms with Gasteiger partial charge in [-0.3, -0.25) is 9.59 Å². The number of nitrogens with zero attached hydrogens (tertiary/aromatic N) is 1. The number of rotatable bonds is 0. The van der Waals surface area contributed by atoms with Crippen molar-refractivity contribution in [3.63, 3.8) is 0 Å². The first kappa shape index (κ1) is 10.4. The molecule has 0 radical (unpaired) electrons. The molecule has 3 nitrogen and oxygen atoms in total. The Kier molecular flexibility index (Phi) is 1.90. The molecule has 0 fully saturated rings. The summed E-state index contributed by atoms with van der Waals surface area (Å²) in [6, 6.07) is 7.33. The minimum absolute atomic E-state index is 0.0157. The molecule has 0 bridgehead atoms. The number of carbonyl (C=O) groups is 2. The molecule has 19 heavy (non-hydrogen) atoms. The van der Waals surface area contributed by atoms with Crippen molar-refractivity contribution in [1.29, 1.82) is 0 Å². The van der Waals surface area contributed by atoms with Gasteiger partial charge in [-0.25, -0.2) is 4.99 Å². The summed E-state index contributed by atoms with van der Waals surface area (Å²) >= 11 is 0. The van der Waals surface area contributed by atoms with Crippen LogP contribution >= 0.6 is 0 Å². The van der Waals surface area contributed by atoms with Gasteiger partial charge in [0.05, 0.1) is 11.3 Å². The van der Waals surface area contributed by atoms with Gasteiger partial charge in [-0.2, -0.15) is 0 Å². The molecule has 3 aliphatic rings. The van der Waals surface area contributed by atoms with Crippen molar-refractivity contribution in [3.8, 4) is 0 Å². The highest BCUT2D eigenvalue weighted by atomic mass is 16.1. The first-order chi connectivity index (χ1) is 9.27. The number of ketones is 1. The van der Waals surface area contributed by atoms with Crippen LogP contribution < -0.4 is 0 Å². The van der Waals surface area contributed by atoms with Crippen LogP contribution in [0, 0.1) is 0 Å². The van der Waals surface area contributed by atoms with Crippen LogP contribution in [0.15, 0.2) is 64.2 Å². The highest BCUT2D eigenvalue weighted by molar-refractivity contribution is 6.44. The number of benzene rings is 1. The molecule has 1 amide bonds. The average molecular weight is 247 g/mol. The highest BCUT2D eigenvalue weighted by Gasteiger charge is 2.38. The van der Waals surface area contributed by atoms with E-state index in [0.29, 0.717) is 28.8 Å². The fraction of sp³-hybridized carbons (Fsp3) is 0.0625. The second-order valence-electron chi connectivity index (χ2n) is 4.71. The summed E-state index contributed by atoms with van der Waals surface area (Å²) in [6.07, 6.45) is 6.15. The van der Waals surface area contributed by atoms with Crippen LogP contribution in [0.25, 0.3) is 0 Å². The van der Waals surface area contributed by atoms with Crippen LogP contribution in [-0.4, -0.2) is 17.4 Å². The van der Waals surface area contributed by atoms with Gasteiger partial charge in [-0.1, -0.05) is 36.4 Å². The summed E-state index contributed by atoms with van der Waals surface area (Å²) in [5.74, 6) is -0.263. The van der Waals surface area contributed by atoms with Crippen LogP contribution in [0.5, 0.6) is 0 Å². The molecule has 90 valence electrons. The van der Waals surface area contributed by atoms with Gasteiger partial charge in [0.25, 0.3) is 5.91 Å². The number of hydrogen-bond donors (Lipinski definition) is 0. The average Bonchev–Trinajstić information content (AvgIpc) is 2.73. The first-order valence-electron chi connectivity index (χ1n) is 6.15. The standard InChI is InChI=1S/C16H9NO2/c18-15-11-7-3-2-6-10(11)14-13(15)9-5-1-4-8-12(9)16(19)17-14/h1-4,6-8H,5H2. The first-order valence-corrected chi connectivity index (χ1v) is 6.15. The fourth-order valence-corrected chi connectivity index (χ4v) is 2.82. The Hall–Kier alpha value is -2.55. The number of Topliss-reactive ketones (excluding diaryl/α,β-unsaturated/α-hetero) is 1. The van der Waals surface area contributed by atoms with Gasteiger partial charge in [0.15, 0.2) is 5.78 Å². The van der Waals surface area contributed by atoms with E-state index in [1.54, 1.807) is 12.1 Å².